The van der Waals surface area contributed by atoms with Gasteiger partial charge in [0.1, 0.15) is 16.7 Å². The highest BCUT2D eigenvalue weighted by molar-refractivity contribution is 7.90. The average molecular weight is 398 g/mol. The summed E-state index contributed by atoms with van der Waals surface area (Å²) in [6.07, 6.45) is 2.57. The first kappa shape index (κ1) is 18.5. The molecular formula is C17H14ClF2N3O2S. The number of nitrogens with one attached hydrogen (secondary N) is 1. The lowest BCUT2D eigenvalue weighted by Crippen LogP contribution is -2.14. The van der Waals surface area contributed by atoms with Gasteiger partial charge in [-0.05, 0) is 37.4 Å². The van der Waals surface area contributed by atoms with Crippen molar-refractivity contribution < 1.29 is 17.2 Å². The standard InChI is InChI=1S/C17H14ClF2N3O2S/c1-21-9-11-10-23(26(24,25)13-5-2-4-12(19)8-13)16(15(11)20)14-6-3-7-22-17(14)18/h2-8,10,21H,9H2,1H3. The second kappa shape index (κ2) is 7.14. The van der Waals surface area contributed by atoms with Gasteiger partial charge in [0, 0.05) is 30.1 Å². The minimum atomic E-state index is -4.25. The summed E-state index contributed by atoms with van der Waals surface area (Å²) in [5.74, 6) is -1.45. The van der Waals surface area contributed by atoms with E-state index in [2.05, 4.69) is 10.3 Å². The molecule has 0 spiro atoms. The normalized spacial score (nSPS) is 11.7. The van der Waals surface area contributed by atoms with Crippen LogP contribution in [0.3, 0.4) is 0 Å². The largest absolute Gasteiger partial charge is 0.316 e. The maximum absolute atomic E-state index is 15.0. The number of aromatic nitrogens is 2. The van der Waals surface area contributed by atoms with E-state index in [1.807, 2.05) is 0 Å². The van der Waals surface area contributed by atoms with Gasteiger partial charge in [-0.3, -0.25) is 0 Å². The van der Waals surface area contributed by atoms with E-state index in [-0.39, 0.29) is 33.4 Å². The first-order valence-corrected chi connectivity index (χ1v) is 9.34. The highest BCUT2D eigenvalue weighted by Crippen LogP contribution is 2.34. The molecule has 1 N–H and O–H groups in total. The zero-order valence-electron chi connectivity index (χ0n) is 13.6. The van der Waals surface area contributed by atoms with Crippen molar-refractivity contribution in [2.45, 2.75) is 11.4 Å². The van der Waals surface area contributed by atoms with E-state index in [0.29, 0.717) is 0 Å². The second-order valence-electron chi connectivity index (χ2n) is 5.45. The lowest BCUT2D eigenvalue weighted by atomic mass is 10.2. The van der Waals surface area contributed by atoms with Gasteiger partial charge >= 0.3 is 0 Å². The van der Waals surface area contributed by atoms with Crippen LogP contribution in [-0.4, -0.2) is 24.4 Å². The van der Waals surface area contributed by atoms with Crippen molar-refractivity contribution in [1.82, 2.24) is 14.3 Å². The molecule has 0 amide bonds. The van der Waals surface area contributed by atoms with E-state index in [4.69, 9.17) is 11.6 Å². The van der Waals surface area contributed by atoms with Crippen LogP contribution in [0, 0.1) is 11.6 Å². The summed E-state index contributed by atoms with van der Waals surface area (Å²) >= 11 is 6.05. The van der Waals surface area contributed by atoms with Gasteiger partial charge in [0.2, 0.25) is 0 Å². The van der Waals surface area contributed by atoms with Gasteiger partial charge in [-0.25, -0.2) is 26.2 Å². The number of benzene rings is 1. The third-order valence-corrected chi connectivity index (χ3v) is 5.67. The first-order valence-electron chi connectivity index (χ1n) is 7.52. The lowest BCUT2D eigenvalue weighted by Gasteiger charge is -2.11. The van der Waals surface area contributed by atoms with Crippen LogP contribution in [0.25, 0.3) is 11.3 Å². The molecule has 0 bridgehead atoms. The van der Waals surface area contributed by atoms with E-state index < -0.39 is 21.7 Å². The topological polar surface area (TPSA) is 64.0 Å². The van der Waals surface area contributed by atoms with E-state index in [1.54, 1.807) is 7.05 Å². The number of pyridine rings is 1. The van der Waals surface area contributed by atoms with Crippen LogP contribution in [0.1, 0.15) is 5.56 Å². The Morgan fingerprint density at radius 3 is 2.65 bits per heavy atom. The van der Waals surface area contributed by atoms with Crippen LogP contribution in [0.5, 0.6) is 0 Å². The molecule has 0 saturated heterocycles. The smallest absolute Gasteiger partial charge is 0.268 e. The third kappa shape index (κ3) is 3.23. The van der Waals surface area contributed by atoms with Gasteiger partial charge in [-0.15, -0.1) is 0 Å². The summed E-state index contributed by atoms with van der Waals surface area (Å²) in [4.78, 5) is 3.58. The van der Waals surface area contributed by atoms with Gasteiger partial charge in [-0.2, -0.15) is 0 Å². The zero-order valence-corrected chi connectivity index (χ0v) is 15.2. The van der Waals surface area contributed by atoms with E-state index >= 15 is 0 Å². The maximum Gasteiger partial charge on any atom is 0.268 e. The van der Waals surface area contributed by atoms with Gasteiger partial charge in [0.25, 0.3) is 10.0 Å². The summed E-state index contributed by atoms with van der Waals surface area (Å²) in [6, 6.07) is 7.50. The molecule has 0 fully saturated rings. The van der Waals surface area contributed by atoms with Crippen molar-refractivity contribution in [3.63, 3.8) is 0 Å². The van der Waals surface area contributed by atoms with Crippen molar-refractivity contribution in [2.24, 2.45) is 0 Å². The highest BCUT2D eigenvalue weighted by Gasteiger charge is 2.28. The number of hydrogen-bond donors (Lipinski definition) is 1. The fourth-order valence-electron chi connectivity index (χ4n) is 2.56. The molecule has 136 valence electrons. The van der Waals surface area contributed by atoms with Crippen LogP contribution in [0.15, 0.2) is 53.7 Å². The molecule has 0 unspecified atom stereocenters. The van der Waals surface area contributed by atoms with Crippen molar-refractivity contribution >= 4 is 21.6 Å². The van der Waals surface area contributed by atoms with Crippen LogP contribution in [0.4, 0.5) is 8.78 Å². The summed E-state index contributed by atoms with van der Waals surface area (Å²) in [7, 11) is -2.65. The third-order valence-electron chi connectivity index (χ3n) is 3.72. The second-order valence-corrected chi connectivity index (χ2v) is 7.62. The summed E-state index contributed by atoms with van der Waals surface area (Å²) in [6.45, 7) is 0.0996. The lowest BCUT2D eigenvalue weighted by molar-refractivity contribution is 0.581. The minimum Gasteiger partial charge on any atom is -0.316 e. The maximum atomic E-state index is 15.0. The van der Waals surface area contributed by atoms with Crippen molar-refractivity contribution in [1.29, 1.82) is 0 Å². The van der Waals surface area contributed by atoms with Crippen molar-refractivity contribution in [2.75, 3.05) is 7.05 Å². The molecule has 0 aliphatic carbocycles. The number of rotatable bonds is 5. The Morgan fingerprint density at radius 1 is 1.23 bits per heavy atom. The fourth-order valence-corrected chi connectivity index (χ4v) is 4.19. The predicted molar refractivity (Wildman–Crippen MR) is 94.4 cm³/mol. The Bertz CT molecular complexity index is 1070. The van der Waals surface area contributed by atoms with Gasteiger partial charge < -0.3 is 5.32 Å². The van der Waals surface area contributed by atoms with E-state index in [1.165, 1.54) is 30.5 Å². The Labute approximate surface area is 154 Å². The highest BCUT2D eigenvalue weighted by atomic mass is 35.5. The van der Waals surface area contributed by atoms with Gasteiger partial charge in [0.15, 0.2) is 5.82 Å². The molecule has 1 aromatic carbocycles. The van der Waals surface area contributed by atoms with E-state index in [0.717, 1.165) is 22.3 Å². The molecule has 2 aromatic heterocycles. The number of halogens is 3. The molecule has 0 aliphatic heterocycles. The molecule has 5 nitrogen and oxygen atoms in total. The molecule has 3 aromatic rings. The van der Waals surface area contributed by atoms with Crippen molar-refractivity contribution in [3.8, 4) is 11.3 Å². The Kier molecular flexibility index (Phi) is 5.08. The zero-order chi connectivity index (χ0) is 18.9. The molecule has 0 aliphatic rings. The fraction of sp³-hybridized carbons (Fsp3) is 0.118. The molecule has 0 radical (unpaired) electrons. The van der Waals surface area contributed by atoms with Gasteiger partial charge in [-0.1, -0.05) is 17.7 Å². The van der Waals surface area contributed by atoms with Crippen LogP contribution in [0.2, 0.25) is 5.15 Å². The number of hydrogen-bond acceptors (Lipinski definition) is 4. The minimum absolute atomic E-state index is 0.0452. The predicted octanol–water partition coefficient (Wildman–Crippen LogP) is 3.44. The van der Waals surface area contributed by atoms with E-state index in [9.17, 15) is 17.2 Å². The quantitative estimate of drug-likeness (QED) is 0.670. The summed E-state index contributed by atoms with van der Waals surface area (Å²) in [5, 5.41) is 2.73. The molecule has 0 atom stereocenters. The van der Waals surface area contributed by atoms with Gasteiger partial charge in [0.05, 0.1) is 4.90 Å². The molecule has 2 heterocycles. The monoisotopic (exact) mass is 397 g/mol. The molecule has 0 saturated carbocycles. The molecule has 26 heavy (non-hydrogen) atoms. The molecule has 3 rings (SSSR count). The Balaban J connectivity index is 2.31. The summed E-state index contributed by atoms with van der Waals surface area (Å²) < 4.78 is 55.3. The first-order chi connectivity index (χ1) is 12.4. The summed E-state index contributed by atoms with van der Waals surface area (Å²) in [5.41, 5.74) is -0.00555. The molecular weight excluding hydrogens is 384 g/mol. The van der Waals surface area contributed by atoms with Crippen LogP contribution >= 0.6 is 11.6 Å². The Morgan fingerprint density at radius 2 is 2.00 bits per heavy atom. The Hall–Kier alpha value is -2.29. The molecule has 9 heteroatoms. The SMILES string of the molecule is CNCc1cn(S(=O)(=O)c2cccc(F)c2)c(-c2cccnc2Cl)c1F. The van der Waals surface area contributed by atoms with Crippen LogP contribution < -0.4 is 5.32 Å². The van der Waals surface area contributed by atoms with Crippen molar-refractivity contribution in [3.05, 3.63) is 71.1 Å². The van der Waals surface area contributed by atoms with Crippen LogP contribution in [-0.2, 0) is 16.6 Å². The average Bonchev–Trinajstić information content (AvgIpc) is 2.93. The number of nitrogens with zero attached hydrogens (tertiary/aromatic N) is 2.